The Hall–Kier alpha value is -1.28. The third-order valence-electron chi connectivity index (χ3n) is 5.31. The fraction of sp³-hybridized carbons (Fsp3) is 0.476. The number of thiophene rings is 1. The van der Waals surface area contributed by atoms with Crippen molar-refractivity contribution in [1.29, 1.82) is 0 Å². The zero-order valence-corrected chi connectivity index (χ0v) is 19.0. The number of rotatable bonds is 5. The Morgan fingerprint density at radius 2 is 1.89 bits per heavy atom. The predicted octanol–water partition coefficient (Wildman–Crippen LogP) is 4.45. The Balaban J connectivity index is 0.00000210. The third kappa shape index (κ3) is 5.38. The number of hydrogen-bond acceptors (Lipinski definition) is 3. The van der Waals surface area contributed by atoms with E-state index in [1.807, 2.05) is 11.3 Å². The second-order valence-corrected chi connectivity index (χ2v) is 8.11. The highest BCUT2D eigenvalue weighted by Crippen LogP contribution is 2.40. The maximum absolute atomic E-state index is 4.68. The normalized spacial score (nSPS) is 22.9. The summed E-state index contributed by atoms with van der Waals surface area (Å²) in [5.74, 6) is 1.62. The smallest absolute Gasteiger partial charge is 0.191 e. The summed E-state index contributed by atoms with van der Waals surface area (Å²) in [6.07, 6.45) is 3.52. The number of anilines is 1. The van der Waals surface area contributed by atoms with E-state index in [2.05, 4.69) is 75.3 Å². The van der Waals surface area contributed by atoms with Crippen LogP contribution in [-0.2, 0) is 0 Å². The quantitative estimate of drug-likeness (QED) is 0.365. The molecule has 2 N–H and O–H groups in total. The van der Waals surface area contributed by atoms with Crippen LogP contribution in [-0.4, -0.2) is 37.7 Å². The minimum absolute atomic E-state index is 0. The molecule has 27 heavy (non-hydrogen) atoms. The van der Waals surface area contributed by atoms with Gasteiger partial charge in [-0.3, -0.25) is 4.99 Å². The van der Waals surface area contributed by atoms with Crippen molar-refractivity contribution in [2.24, 2.45) is 4.99 Å². The van der Waals surface area contributed by atoms with Gasteiger partial charge in [-0.15, -0.1) is 35.3 Å². The van der Waals surface area contributed by atoms with E-state index in [0.29, 0.717) is 18.0 Å². The first-order valence-corrected chi connectivity index (χ1v) is 10.6. The van der Waals surface area contributed by atoms with Crippen molar-refractivity contribution in [1.82, 2.24) is 10.6 Å². The first-order chi connectivity index (χ1) is 12.8. The van der Waals surface area contributed by atoms with Gasteiger partial charge in [0.15, 0.2) is 5.96 Å². The summed E-state index contributed by atoms with van der Waals surface area (Å²) in [4.78, 5) is 7.18. The molecule has 4 nitrogen and oxygen atoms in total. The van der Waals surface area contributed by atoms with Crippen molar-refractivity contribution in [3.05, 3.63) is 53.4 Å². The molecule has 2 fully saturated rings. The van der Waals surface area contributed by atoms with E-state index in [1.165, 1.54) is 17.0 Å². The summed E-state index contributed by atoms with van der Waals surface area (Å²) in [5, 5.41) is 10.9. The van der Waals surface area contributed by atoms with Gasteiger partial charge in [0.25, 0.3) is 0 Å². The first-order valence-electron chi connectivity index (χ1n) is 9.74. The molecule has 0 spiro atoms. The molecule has 2 aliphatic rings. The van der Waals surface area contributed by atoms with Crippen LogP contribution in [0.15, 0.2) is 52.8 Å². The lowest BCUT2D eigenvalue weighted by molar-refractivity contribution is 0.462. The Labute approximate surface area is 183 Å². The highest BCUT2D eigenvalue weighted by atomic mass is 127. The number of nitrogens with one attached hydrogen (secondary N) is 2. The molecule has 2 heterocycles. The Bertz CT molecular complexity index is 711. The Kier molecular flexibility index (Phi) is 7.41. The largest absolute Gasteiger partial charge is 0.363 e. The van der Waals surface area contributed by atoms with Crippen molar-refractivity contribution in [2.45, 2.75) is 44.2 Å². The molecule has 1 saturated heterocycles. The van der Waals surface area contributed by atoms with Gasteiger partial charge in [0.2, 0.25) is 0 Å². The number of nitrogens with zero attached hydrogens (tertiary/aromatic N) is 2. The van der Waals surface area contributed by atoms with Crippen molar-refractivity contribution in [2.75, 3.05) is 24.5 Å². The highest BCUT2D eigenvalue weighted by molar-refractivity contribution is 14.0. The monoisotopic (exact) mass is 496 g/mol. The fourth-order valence-corrected chi connectivity index (χ4v) is 4.56. The lowest BCUT2D eigenvalue weighted by Crippen LogP contribution is -2.49. The molecule has 0 amide bonds. The van der Waals surface area contributed by atoms with E-state index in [1.54, 1.807) is 0 Å². The number of piperidine rings is 1. The minimum Gasteiger partial charge on any atom is -0.363 e. The van der Waals surface area contributed by atoms with Crippen LogP contribution in [0.2, 0.25) is 0 Å². The summed E-state index contributed by atoms with van der Waals surface area (Å²) in [5.41, 5.74) is 1.44. The van der Waals surface area contributed by atoms with Gasteiger partial charge in [-0.2, -0.15) is 0 Å². The summed E-state index contributed by atoms with van der Waals surface area (Å²) < 4.78 is 0. The Morgan fingerprint density at radius 3 is 2.56 bits per heavy atom. The molecule has 2 unspecified atom stereocenters. The molecule has 0 radical (unpaired) electrons. The number of aliphatic imine (C=N–C) groups is 1. The Morgan fingerprint density at radius 1 is 1.11 bits per heavy atom. The van der Waals surface area contributed by atoms with Crippen molar-refractivity contribution in [3.8, 4) is 0 Å². The van der Waals surface area contributed by atoms with Gasteiger partial charge < -0.3 is 15.5 Å². The van der Waals surface area contributed by atoms with Gasteiger partial charge in [-0.25, -0.2) is 0 Å². The maximum atomic E-state index is 4.68. The average Bonchev–Trinajstić information content (AvgIpc) is 3.22. The molecule has 1 aliphatic carbocycles. The number of guanidine groups is 1. The highest BCUT2D eigenvalue weighted by Gasteiger charge is 2.39. The predicted molar refractivity (Wildman–Crippen MR) is 127 cm³/mol. The second-order valence-electron chi connectivity index (χ2n) is 7.18. The molecule has 146 valence electrons. The van der Waals surface area contributed by atoms with Gasteiger partial charge in [-0.1, -0.05) is 30.3 Å². The molecular formula is C21H29IN4S. The molecule has 6 heteroatoms. The fourth-order valence-electron chi connectivity index (χ4n) is 3.78. The van der Waals surface area contributed by atoms with Crippen LogP contribution in [0.1, 0.15) is 37.7 Å². The molecule has 1 aromatic heterocycles. The molecule has 2 aromatic rings. The van der Waals surface area contributed by atoms with E-state index in [-0.39, 0.29) is 24.0 Å². The average molecular weight is 496 g/mol. The number of benzene rings is 1. The maximum Gasteiger partial charge on any atom is 0.191 e. The zero-order valence-electron chi connectivity index (χ0n) is 15.8. The van der Waals surface area contributed by atoms with Gasteiger partial charge in [0.05, 0.1) is 5.00 Å². The SMILES string of the molecule is CCN=C(NC1CCN(c2cccs2)CC1)NC1CC1c1ccccc1.I. The zero-order chi connectivity index (χ0) is 17.8. The molecule has 2 atom stereocenters. The van der Waals surface area contributed by atoms with Crippen LogP contribution in [0.25, 0.3) is 0 Å². The summed E-state index contributed by atoms with van der Waals surface area (Å²) in [6.45, 7) is 5.15. The molecule has 1 aromatic carbocycles. The van der Waals surface area contributed by atoms with Gasteiger partial charge >= 0.3 is 0 Å². The van der Waals surface area contributed by atoms with Gasteiger partial charge in [-0.05, 0) is 49.3 Å². The molecular weight excluding hydrogens is 467 g/mol. The topological polar surface area (TPSA) is 39.7 Å². The van der Waals surface area contributed by atoms with Crippen molar-refractivity contribution >= 4 is 46.3 Å². The van der Waals surface area contributed by atoms with Crippen LogP contribution < -0.4 is 15.5 Å². The van der Waals surface area contributed by atoms with Crippen LogP contribution in [0.3, 0.4) is 0 Å². The van der Waals surface area contributed by atoms with Crippen LogP contribution in [0.5, 0.6) is 0 Å². The summed E-state index contributed by atoms with van der Waals surface area (Å²) in [6, 6.07) is 16.2. The standard InChI is InChI=1S/C21H28N4S.HI/c1-2-22-21(24-19-15-18(19)16-7-4-3-5-8-16)23-17-10-12-25(13-11-17)20-9-6-14-26-20;/h3-9,14,17-19H,2,10-13,15H2,1H3,(H2,22,23,24);1H. The van der Waals surface area contributed by atoms with Crippen LogP contribution >= 0.6 is 35.3 Å². The van der Waals surface area contributed by atoms with Gasteiger partial charge in [0, 0.05) is 37.6 Å². The van der Waals surface area contributed by atoms with Crippen LogP contribution in [0.4, 0.5) is 5.00 Å². The third-order valence-corrected chi connectivity index (χ3v) is 6.24. The molecule has 0 bridgehead atoms. The molecule has 4 rings (SSSR count). The molecule has 1 saturated carbocycles. The summed E-state index contributed by atoms with van der Waals surface area (Å²) in [7, 11) is 0. The van der Waals surface area contributed by atoms with E-state index in [0.717, 1.165) is 38.4 Å². The van der Waals surface area contributed by atoms with E-state index in [9.17, 15) is 0 Å². The van der Waals surface area contributed by atoms with E-state index >= 15 is 0 Å². The summed E-state index contributed by atoms with van der Waals surface area (Å²) >= 11 is 1.84. The number of halogens is 1. The minimum atomic E-state index is 0. The van der Waals surface area contributed by atoms with Crippen molar-refractivity contribution in [3.63, 3.8) is 0 Å². The second kappa shape index (κ2) is 9.78. The lowest BCUT2D eigenvalue weighted by atomic mass is 10.1. The van der Waals surface area contributed by atoms with E-state index in [4.69, 9.17) is 0 Å². The first kappa shape index (κ1) is 20.5. The van der Waals surface area contributed by atoms with E-state index < -0.39 is 0 Å². The number of hydrogen-bond donors (Lipinski definition) is 2. The molecule has 1 aliphatic heterocycles. The van der Waals surface area contributed by atoms with Gasteiger partial charge in [0.1, 0.15) is 0 Å². The lowest BCUT2D eigenvalue weighted by Gasteiger charge is -2.33. The van der Waals surface area contributed by atoms with Crippen LogP contribution in [0, 0.1) is 0 Å². The van der Waals surface area contributed by atoms with Crippen molar-refractivity contribution < 1.29 is 0 Å².